The second-order valence-electron chi connectivity index (χ2n) is 6.76. The molecule has 25 heavy (non-hydrogen) atoms. The molecule has 0 aromatic carbocycles. The summed E-state index contributed by atoms with van der Waals surface area (Å²) >= 11 is 6.06. The molecule has 0 radical (unpaired) electrons. The molecular formula is C18H33ClIN5. The average molecular weight is 482 g/mol. The average Bonchev–Trinajstić information content (AvgIpc) is 2.89. The maximum absolute atomic E-state index is 6.06. The quantitative estimate of drug-likeness (QED) is 0.384. The number of nitrogens with one attached hydrogen (secondary N) is 1. The molecular weight excluding hydrogens is 449 g/mol. The van der Waals surface area contributed by atoms with Crippen molar-refractivity contribution in [3.8, 4) is 0 Å². The molecule has 1 N–H and O–H groups in total. The summed E-state index contributed by atoms with van der Waals surface area (Å²) in [6.45, 7) is 7.72. The standard InChI is InChI=1S/C18H32ClN5.HI/c1-5-24-10-7-15(8-11-24)6-9-21-18(20-2)23(4)14-17-12-16(19)13-22(17)3;/h12-13,15H,5-11,14H2,1-4H3,(H,20,21);1H. The minimum Gasteiger partial charge on any atom is -0.356 e. The van der Waals surface area contributed by atoms with Crippen molar-refractivity contribution in [2.45, 2.75) is 32.7 Å². The zero-order valence-corrected chi connectivity index (χ0v) is 19.1. The maximum Gasteiger partial charge on any atom is 0.193 e. The van der Waals surface area contributed by atoms with E-state index < -0.39 is 0 Å². The summed E-state index contributed by atoms with van der Waals surface area (Å²) in [7, 11) is 5.93. The Labute approximate surface area is 174 Å². The van der Waals surface area contributed by atoms with Gasteiger partial charge in [0.05, 0.1) is 11.6 Å². The van der Waals surface area contributed by atoms with Crippen LogP contribution in [0.1, 0.15) is 31.9 Å². The monoisotopic (exact) mass is 481 g/mol. The van der Waals surface area contributed by atoms with Crippen molar-refractivity contribution in [3.05, 3.63) is 23.0 Å². The molecule has 2 rings (SSSR count). The molecule has 1 aromatic heterocycles. The smallest absolute Gasteiger partial charge is 0.193 e. The highest BCUT2D eigenvalue weighted by Gasteiger charge is 2.18. The number of hydrogen-bond donors (Lipinski definition) is 1. The normalized spacial score (nSPS) is 16.6. The van der Waals surface area contributed by atoms with Crippen LogP contribution in [-0.4, -0.2) is 60.6 Å². The molecule has 1 fully saturated rings. The van der Waals surface area contributed by atoms with Crippen LogP contribution >= 0.6 is 35.6 Å². The third-order valence-corrected chi connectivity index (χ3v) is 5.24. The summed E-state index contributed by atoms with van der Waals surface area (Å²) in [6.07, 6.45) is 5.81. The number of hydrogen-bond acceptors (Lipinski definition) is 2. The van der Waals surface area contributed by atoms with Gasteiger partial charge in [0.15, 0.2) is 5.96 Å². The Morgan fingerprint density at radius 1 is 1.40 bits per heavy atom. The van der Waals surface area contributed by atoms with E-state index in [0.717, 1.165) is 30.0 Å². The van der Waals surface area contributed by atoms with Gasteiger partial charge in [-0.3, -0.25) is 4.99 Å². The van der Waals surface area contributed by atoms with Gasteiger partial charge in [0.25, 0.3) is 0 Å². The Balaban J connectivity index is 0.00000312. The summed E-state index contributed by atoms with van der Waals surface area (Å²) in [5.74, 6) is 1.79. The van der Waals surface area contributed by atoms with Crippen molar-refractivity contribution in [1.29, 1.82) is 0 Å². The number of likely N-dealkylation sites (tertiary alicyclic amines) is 1. The van der Waals surface area contributed by atoms with E-state index in [0.29, 0.717) is 0 Å². The van der Waals surface area contributed by atoms with E-state index >= 15 is 0 Å². The fourth-order valence-electron chi connectivity index (χ4n) is 3.41. The first kappa shape index (κ1) is 22.6. The number of nitrogens with zero attached hydrogens (tertiary/aromatic N) is 4. The number of guanidine groups is 1. The van der Waals surface area contributed by atoms with Crippen molar-refractivity contribution in [2.75, 3.05) is 40.3 Å². The Bertz CT molecular complexity index is 538. The Morgan fingerprint density at radius 3 is 2.60 bits per heavy atom. The molecule has 5 nitrogen and oxygen atoms in total. The van der Waals surface area contributed by atoms with Crippen molar-refractivity contribution in [3.63, 3.8) is 0 Å². The zero-order valence-electron chi connectivity index (χ0n) is 16.0. The Kier molecular flexibility index (Phi) is 10.2. The molecule has 1 aliphatic rings. The maximum atomic E-state index is 6.06. The Hall–Kier alpha value is -0.470. The van der Waals surface area contributed by atoms with Crippen LogP contribution in [0.5, 0.6) is 0 Å². The van der Waals surface area contributed by atoms with Gasteiger partial charge in [0.2, 0.25) is 0 Å². The van der Waals surface area contributed by atoms with Gasteiger partial charge in [0.1, 0.15) is 0 Å². The van der Waals surface area contributed by atoms with Gasteiger partial charge in [0, 0.05) is 39.6 Å². The van der Waals surface area contributed by atoms with Gasteiger partial charge in [-0.15, -0.1) is 24.0 Å². The lowest BCUT2D eigenvalue weighted by Crippen LogP contribution is -2.40. The lowest BCUT2D eigenvalue weighted by molar-refractivity contribution is 0.187. The van der Waals surface area contributed by atoms with Gasteiger partial charge in [-0.25, -0.2) is 0 Å². The summed E-state index contributed by atoms with van der Waals surface area (Å²) < 4.78 is 2.06. The van der Waals surface area contributed by atoms with E-state index in [-0.39, 0.29) is 24.0 Å². The first-order valence-corrected chi connectivity index (χ1v) is 9.36. The van der Waals surface area contributed by atoms with E-state index in [1.54, 1.807) is 0 Å². The van der Waals surface area contributed by atoms with Crippen molar-refractivity contribution in [2.24, 2.45) is 18.0 Å². The SMILES string of the molecule is CCN1CCC(CCNC(=NC)N(C)Cc2cc(Cl)cn2C)CC1.I. The minimum atomic E-state index is 0. The molecule has 0 amide bonds. The third-order valence-electron chi connectivity index (χ3n) is 5.04. The number of aryl methyl sites for hydroxylation is 1. The molecule has 0 bridgehead atoms. The van der Waals surface area contributed by atoms with E-state index in [4.69, 9.17) is 11.6 Å². The molecule has 1 aliphatic heterocycles. The molecule has 0 atom stereocenters. The topological polar surface area (TPSA) is 35.8 Å². The summed E-state index contributed by atoms with van der Waals surface area (Å²) in [4.78, 5) is 9.10. The van der Waals surface area contributed by atoms with Crippen LogP contribution in [0.4, 0.5) is 0 Å². The predicted octanol–water partition coefficient (Wildman–Crippen LogP) is 3.43. The second kappa shape index (κ2) is 11.3. The van der Waals surface area contributed by atoms with E-state index in [1.807, 2.05) is 26.4 Å². The molecule has 1 saturated heterocycles. The number of halogens is 2. The Morgan fingerprint density at radius 2 is 2.08 bits per heavy atom. The van der Waals surface area contributed by atoms with E-state index in [1.165, 1.54) is 44.6 Å². The molecule has 144 valence electrons. The van der Waals surface area contributed by atoms with Crippen LogP contribution in [0, 0.1) is 5.92 Å². The second-order valence-corrected chi connectivity index (χ2v) is 7.19. The van der Waals surface area contributed by atoms with Gasteiger partial charge in [-0.05, 0) is 50.9 Å². The predicted molar refractivity (Wildman–Crippen MR) is 118 cm³/mol. The van der Waals surface area contributed by atoms with Crippen LogP contribution < -0.4 is 5.32 Å². The summed E-state index contributed by atoms with van der Waals surface area (Å²) in [6, 6.07) is 2.01. The first-order valence-electron chi connectivity index (χ1n) is 8.98. The molecule has 7 heteroatoms. The van der Waals surface area contributed by atoms with Crippen LogP contribution in [0.2, 0.25) is 5.02 Å². The first-order chi connectivity index (χ1) is 11.5. The minimum absolute atomic E-state index is 0. The number of aliphatic imine (C=N–C) groups is 1. The van der Waals surface area contributed by atoms with Crippen molar-refractivity contribution < 1.29 is 0 Å². The zero-order chi connectivity index (χ0) is 17.5. The van der Waals surface area contributed by atoms with E-state index in [2.05, 4.69) is 38.6 Å². The molecule has 0 spiro atoms. The lowest BCUT2D eigenvalue weighted by Gasteiger charge is -2.31. The molecule has 1 aromatic rings. The van der Waals surface area contributed by atoms with Crippen LogP contribution in [-0.2, 0) is 13.6 Å². The molecule has 0 unspecified atom stereocenters. The van der Waals surface area contributed by atoms with Crippen LogP contribution in [0.15, 0.2) is 17.3 Å². The van der Waals surface area contributed by atoms with Crippen LogP contribution in [0.3, 0.4) is 0 Å². The van der Waals surface area contributed by atoms with Gasteiger partial charge in [-0.2, -0.15) is 0 Å². The van der Waals surface area contributed by atoms with Gasteiger partial charge >= 0.3 is 0 Å². The van der Waals surface area contributed by atoms with Crippen LogP contribution in [0.25, 0.3) is 0 Å². The number of piperidine rings is 1. The molecule has 0 saturated carbocycles. The largest absolute Gasteiger partial charge is 0.356 e. The third kappa shape index (κ3) is 6.98. The highest BCUT2D eigenvalue weighted by molar-refractivity contribution is 14.0. The molecule has 0 aliphatic carbocycles. The number of rotatable bonds is 6. The highest BCUT2D eigenvalue weighted by Crippen LogP contribution is 2.19. The molecule has 2 heterocycles. The summed E-state index contributed by atoms with van der Waals surface area (Å²) in [5.41, 5.74) is 1.18. The van der Waals surface area contributed by atoms with Gasteiger partial charge < -0.3 is 19.7 Å². The van der Waals surface area contributed by atoms with Crippen molar-refractivity contribution in [1.82, 2.24) is 19.7 Å². The van der Waals surface area contributed by atoms with Crippen molar-refractivity contribution >= 4 is 41.5 Å². The lowest BCUT2D eigenvalue weighted by atomic mass is 9.93. The summed E-state index contributed by atoms with van der Waals surface area (Å²) in [5, 5.41) is 4.29. The van der Waals surface area contributed by atoms with Gasteiger partial charge in [-0.1, -0.05) is 18.5 Å². The fraction of sp³-hybridized carbons (Fsp3) is 0.722. The highest BCUT2D eigenvalue weighted by atomic mass is 127. The fourth-order valence-corrected chi connectivity index (χ4v) is 3.68. The van der Waals surface area contributed by atoms with E-state index in [9.17, 15) is 0 Å². The number of aromatic nitrogens is 1.